The summed E-state index contributed by atoms with van der Waals surface area (Å²) in [5.74, 6) is 0.469. The summed E-state index contributed by atoms with van der Waals surface area (Å²) in [5.41, 5.74) is 4.65. The number of aromatic hydroxyl groups is 1. The van der Waals surface area contributed by atoms with Crippen molar-refractivity contribution in [3.05, 3.63) is 46.8 Å². The molecule has 1 fully saturated rings. The number of hydrogen-bond donors (Lipinski definition) is 4. The van der Waals surface area contributed by atoms with Gasteiger partial charge in [0, 0.05) is 91.3 Å². The van der Waals surface area contributed by atoms with E-state index in [1.807, 2.05) is 54.1 Å². The van der Waals surface area contributed by atoms with Crippen molar-refractivity contribution in [2.45, 2.75) is 64.7 Å². The Morgan fingerprint density at radius 3 is 2.35 bits per heavy atom. The van der Waals surface area contributed by atoms with Crippen LogP contribution in [0.4, 0.5) is 16.2 Å². The van der Waals surface area contributed by atoms with Gasteiger partial charge in [-0.1, -0.05) is 13.8 Å². The van der Waals surface area contributed by atoms with Crippen LogP contribution >= 0.6 is 23.2 Å². The molecule has 13 heteroatoms. The van der Waals surface area contributed by atoms with Crippen LogP contribution < -0.4 is 19.9 Å². The fourth-order valence-corrected chi connectivity index (χ4v) is 9.61. The van der Waals surface area contributed by atoms with E-state index in [4.69, 9.17) is 27.9 Å². The smallest absolute Gasteiger partial charge is 0.415 e. The summed E-state index contributed by atoms with van der Waals surface area (Å²) in [7, 11) is 3.50. The number of aromatic nitrogens is 2. The first-order valence-electron chi connectivity index (χ1n) is 17.6. The predicted molar refractivity (Wildman–Crippen MR) is 202 cm³/mol. The molecule has 51 heavy (non-hydrogen) atoms. The van der Waals surface area contributed by atoms with Gasteiger partial charge in [0.1, 0.15) is 5.75 Å². The van der Waals surface area contributed by atoms with E-state index < -0.39 is 21.8 Å². The predicted octanol–water partition coefficient (Wildman–Crippen LogP) is 6.99. The lowest BCUT2D eigenvalue weighted by Gasteiger charge is -2.54. The number of rotatable bonds is 8. The van der Waals surface area contributed by atoms with Crippen LogP contribution in [0.5, 0.6) is 11.5 Å². The van der Waals surface area contributed by atoms with Crippen molar-refractivity contribution in [1.82, 2.24) is 20.2 Å². The number of halogens is 2. The van der Waals surface area contributed by atoms with Crippen LogP contribution in [0.3, 0.4) is 0 Å². The maximum atomic E-state index is 14.8. The number of benzene rings is 2. The Morgan fingerprint density at radius 2 is 1.71 bits per heavy atom. The molecule has 4 N–H and O–H groups in total. The van der Waals surface area contributed by atoms with Crippen LogP contribution in [0.25, 0.3) is 21.8 Å². The van der Waals surface area contributed by atoms with E-state index in [-0.39, 0.29) is 30.0 Å². The molecular weight excluding hydrogens is 691 g/mol. The zero-order chi connectivity index (χ0) is 36.8. The monoisotopic (exact) mass is 736 g/mol. The largest absolute Gasteiger partial charge is 0.506 e. The molecule has 4 aromatic rings. The third kappa shape index (κ3) is 5.29. The van der Waals surface area contributed by atoms with Crippen LogP contribution in [0.1, 0.15) is 68.2 Å². The molecule has 1 aliphatic carbocycles. The van der Waals surface area contributed by atoms with Crippen molar-refractivity contribution >= 4 is 74.3 Å². The zero-order valence-corrected chi connectivity index (χ0v) is 31.7. The number of carbonyl (C=O) groups is 3. The Labute approximate surface area is 307 Å². The first-order valence-corrected chi connectivity index (χ1v) is 18.5. The fraction of sp³-hybridized carbons (Fsp3) is 0.500. The van der Waals surface area contributed by atoms with Gasteiger partial charge in [-0.3, -0.25) is 9.59 Å². The average Bonchev–Trinajstić information content (AvgIpc) is 3.83. The number of phenolic OH excluding ortho intramolecular Hbond substituents is 1. The number of likely N-dealkylation sites (N-methyl/N-ethyl adjacent to an activating group) is 2. The van der Waals surface area contributed by atoms with Gasteiger partial charge in [0.25, 0.3) is 0 Å². The topological polar surface area (TPSA) is 134 Å². The second-order valence-corrected chi connectivity index (χ2v) is 16.5. The van der Waals surface area contributed by atoms with Crippen molar-refractivity contribution in [2.75, 3.05) is 56.0 Å². The van der Waals surface area contributed by atoms with Crippen LogP contribution in [0.2, 0.25) is 0 Å². The number of amides is 3. The minimum Gasteiger partial charge on any atom is -0.506 e. The van der Waals surface area contributed by atoms with Crippen molar-refractivity contribution in [3.8, 4) is 11.5 Å². The lowest BCUT2D eigenvalue weighted by molar-refractivity contribution is -0.153. The molecule has 0 spiro atoms. The summed E-state index contributed by atoms with van der Waals surface area (Å²) in [6.45, 7) is 11.5. The lowest BCUT2D eigenvalue weighted by Crippen LogP contribution is -2.60. The fourth-order valence-electron chi connectivity index (χ4n) is 9.04. The van der Waals surface area contributed by atoms with E-state index in [1.165, 1.54) is 4.90 Å². The molecule has 1 unspecified atom stereocenters. The van der Waals surface area contributed by atoms with Gasteiger partial charge in [0.05, 0.1) is 32.7 Å². The number of aryl methyl sites for hydroxylation is 2. The van der Waals surface area contributed by atoms with E-state index >= 15 is 0 Å². The zero-order valence-electron chi connectivity index (χ0n) is 30.2. The second-order valence-electron chi connectivity index (χ2n) is 15.3. The normalized spacial score (nSPS) is 25.3. The van der Waals surface area contributed by atoms with Gasteiger partial charge in [-0.25, -0.2) is 4.79 Å². The molecule has 4 heterocycles. The van der Waals surface area contributed by atoms with Crippen molar-refractivity contribution in [2.24, 2.45) is 10.8 Å². The number of carbonyl (C=O) groups excluding carboxylic acids is 3. The molecule has 2 aromatic carbocycles. The summed E-state index contributed by atoms with van der Waals surface area (Å²) in [6.07, 6.45) is 4.45. The highest BCUT2D eigenvalue weighted by Crippen LogP contribution is 2.61. The van der Waals surface area contributed by atoms with Crippen molar-refractivity contribution in [1.29, 1.82) is 0 Å². The molecule has 2 aliphatic heterocycles. The van der Waals surface area contributed by atoms with Crippen LogP contribution in [0.15, 0.2) is 24.5 Å². The molecule has 7 rings (SSSR count). The van der Waals surface area contributed by atoms with E-state index in [2.05, 4.69) is 15.3 Å². The van der Waals surface area contributed by atoms with Crippen LogP contribution in [-0.4, -0.2) is 84.0 Å². The minimum absolute atomic E-state index is 0.0783. The molecule has 3 aliphatic rings. The number of alkyl halides is 2. The highest BCUT2D eigenvalue weighted by molar-refractivity contribution is 6.28. The molecule has 0 saturated heterocycles. The van der Waals surface area contributed by atoms with Crippen LogP contribution in [-0.2, 0) is 14.5 Å². The third-order valence-corrected chi connectivity index (χ3v) is 12.3. The van der Waals surface area contributed by atoms with Crippen molar-refractivity contribution in [3.63, 3.8) is 0 Å². The Bertz CT molecular complexity index is 2100. The van der Waals surface area contributed by atoms with Gasteiger partial charge in [-0.15, -0.1) is 23.2 Å². The SMILES string of the molecule is CCC1(C(=O)N2CC(C)(Cl)c3c2cc(OC(=O)N(C)CCNC)c2[nH]cc(C)c32)CC(C)(C(=O)N2C[C@@H](CCl)c3c2cc(O)c2[nH]cc(C)c32)C1. The van der Waals surface area contributed by atoms with Crippen LogP contribution in [0, 0.1) is 24.7 Å². The molecule has 3 amide bonds. The third-order valence-electron chi connectivity index (χ3n) is 11.6. The molecule has 2 aromatic heterocycles. The van der Waals surface area contributed by atoms with Gasteiger partial charge in [-0.2, -0.15) is 0 Å². The Balaban J connectivity index is 1.20. The van der Waals surface area contributed by atoms with E-state index in [0.29, 0.717) is 72.9 Å². The van der Waals surface area contributed by atoms with Gasteiger partial charge < -0.3 is 39.8 Å². The standard InChI is InChI=1S/C38H46Cl2N6O5/c1-8-38(17-36(4,18-38)33(48)45-16-22(13-39)29-23(45)11-25(47)31-27(29)20(2)14-42-31)34(49)46-19-37(5,40)30-24(46)12-26(32-28(30)21(3)15-43-32)51-35(50)44(7)10-9-41-6/h11-12,14-15,22,41-43,47H,8-10,13,16-19H2,1-7H3/t22-,36?,37?,38?/m1/s1. The number of nitrogens with zero attached hydrogens (tertiary/aromatic N) is 3. The quantitative estimate of drug-likeness (QED) is 0.144. The average molecular weight is 738 g/mol. The van der Waals surface area contributed by atoms with E-state index in [9.17, 15) is 19.5 Å². The molecular formula is C38H46Cl2N6O5. The summed E-state index contributed by atoms with van der Waals surface area (Å²) in [6, 6.07) is 3.41. The second kappa shape index (κ2) is 12.3. The number of ether oxygens (including phenoxy) is 1. The minimum atomic E-state index is -0.903. The molecule has 0 bridgehead atoms. The summed E-state index contributed by atoms with van der Waals surface area (Å²) in [5, 5.41) is 15.7. The Morgan fingerprint density at radius 1 is 1.04 bits per heavy atom. The highest BCUT2D eigenvalue weighted by atomic mass is 35.5. The molecule has 1 saturated carbocycles. The number of phenols is 1. The Kier molecular flexibility index (Phi) is 8.59. The Hall–Kier alpha value is -3.93. The first kappa shape index (κ1) is 35.5. The van der Waals surface area contributed by atoms with Crippen molar-refractivity contribution < 1.29 is 24.2 Å². The maximum Gasteiger partial charge on any atom is 0.415 e. The first-order chi connectivity index (χ1) is 24.1. The van der Waals surface area contributed by atoms with Gasteiger partial charge in [0.2, 0.25) is 11.8 Å². The molecule has 0 radical (unpaired) electrons. The summed E-state index contributed by atoms with van der Waals surface area (Å²) < 4.78 is 5.95. The lowest BCUT2D eigenvalue weighted by atomic mass is 9.51. The van der Waals surface area contributed by atoms with Gasteiger partial charge in [-0.05, 0) is 63.8 Å². The van der Waals surface area contributed by atoms with E-state index in [0.717, 1.165) is 33.0 Å². The number of nitrogens with one attached hydrogen (secondary N) is 3. The number of aromatic amines is 2. The highest BCUT2D eigenvalue weighted by Gasteiger charge is 2.62. The van der Waals surface area contributed by atoms with Gasteiger partial charge in [0.15, 0.2) is 5.75 Å². The van der Waals surface area contributed by atoms with E-state index in [1.54, 1.807) is 29.0 Å². The summed E-state index contributed by atoms with van der Waals surface area (Å²) in [4.78, 5) is 53.0. The summed E-state index contributed by atoms with van der Waals surface area (Å²) >= 11 is 13.7. The molecule has 11 nitrogen and oxygen atoms in total. The maximum absolute atomic E-state index is 14.8. The number of H-pyrrole nitrogens is 2. The molecule has 2 atom stereocenters. The van der Waals surface area contributed by atoms with Gasteiger partial charge >= 0.3 is 6.09 Å². The number of fused-ring (bicyclic) bond motifs is 6. The number of hydrogen-bond acceptors (Lipinski definition) is 6. The number of anilines is 2. The molecule has 272 valence electrons.